The van der Waals surface area contributed by atoms with Crippen molar-refractivity contribution in [3.63, 3.8) is 0 Å². The molecule has 116 valence electrons. The summed E-state index contributed by atoms with van der Waals surface area (Å²) >= 11 is 0. The van der Waals surface area contributed by atoms with Gasteiger partial charge in [-0.15, -0.1) is 0 Å². The molecule has 0 saturated carbocycles. The maximum Gasteiger partial charge on any atom is 0.0579 e. The average molecular weight is 288 g/mol. The van der Waals surface area contributed by atoms with E-state index in [4.69, 9.17) is 0 Å². The number of hydrogen-bond donors (Lipinski definition) is 2. The zero-order chi connectivity index (χ0) is 14.8. The van der Waals surface area contributed by atoms with Crippen molar-refractivity contribution in [1.82, 2.24) is 5.32 Å². The molecule has 2 heterocycles. The minimum Gasteiger partial charge on any atom is -0.393 e. The van der Waals surface area contributed by atoms with Gasteiger partial charge in [-0.3, -0.25) is 0 Å². The van der Waals surface area contributed by atoms with Crippen LogP contribution >= 0.6 is 0 Å². The van der Waals surface area contributed by atoms with Crippen LogP contribution in [0.15, 0.2) is 24.3 Å². The Bertz CT molecular complexity index is 462. The average Bonchev–Trinajstić information content (AvgIpc) is 2.76. The lowest BCUT2D eigenvalue weighted by molar-refractivity contribution is 0.126. The second kappa shape index (κ2) is 6.37. The van der Waals surface area contributed by atoms with Crippen molar-refractivity contribution >= 4 is 5.69 Å². The molecule has 3 nitrogen and oxygen atoms in total. The van der Waals surface area contributed by atoms with Gasteiger partial charge in [-0.1, -0.05) is 25.1 Å². The monoisotopic (exact) mass is 288 g/mol. The highest BCUT2D eigenvalue weighted by molar-refractivity contribution is 5.58. The van der Waals surface area contributed by atoms with Gasteiger partial charge in [0.2, 0.25) is 0 Å². The van der Waals surface area contributed by atoms with E-state index < -0.39 is 0 Å². The smallest absolute Gasteiger partial charge is 0.0579 e. The number of nitrogens with one attached hydrogen (secondary N) is 1. The molecule has 0 radical (unpaired) electrons. The Hall–Kier alpha value is -1.06. The number of piperidine rings is 1. The fourth-order valence-corrected chi connectivity index (χ4v) is 4.10. The number of anilines is 1. The highest BCUT2D eigenvalue weighted by atomic mass is 16.3. The van der Waals surface area contributed by atoms with Gasteiger partial charge in [0.05, 0.1) is 6.10 Å². The highest BCUT2D eigenvalue weighted by Gasteiger charge is 2.41. The van der Waals surface area contributed by atoms with E-state index in [1.165, 1.54) is 24.1 Å². The lowest BCUT2D eigenvalue weighted by atomic mass is 9.96. The fourth-order valence-electron chi connectivity index (χ4n) is 4.10. The third kappa shape index (κ3) is 2.95. The molecule has 2 bridgehead atoms. The second-order valence-corrected chi connectivity index (χ2v) is 6.65. The van der Waals surface area contributed by atoms with Crippen molar-refractivity contribution in [3.05, 3.63) is 29.8 Å². The zero-order valence-corrected chi connectivity index (χ0v) is 13.3. The molecule has 3 unspecified atom stereocenters. The summed E-state index contributed by atoms with van der Waals surface area (Å²) < 4.78 is 0. The van der Waals surface area contributed by atoms with Gasteiger partial charge in [-0.2, -0.15) is 0 Å². The highest BCUT2D eigenvalue weighted by Crippen LogP contribution is 2.41. The van der Waals surface area contributed by atoms with E-state index in [9.17, 15) is 5.11 Å². The normalized spacial score (nSPS) is 29.7. The summed E-state index contributed by atoms with van der Waals surface area (Å²) in [6.07, 6.45) is 5.39. The van der Waals surface area contributed by atoms with Gasteiger partial charge in [0, 0.05) is 23.8 Å². The molecule has 2 saturated heterocycles. The quantitative estimate of drug-likeness (QED) is 0.873. The molecule has 1 aromatic carbocycles. The maximum atomic E-state index is 10.0. The lowest BCUT2D eigenvalue weighted by Gasteiger charge is -2.40. The van der Waals surface area contributed by atoms with Crippen LogP contribution in [0.4, 0.5) is 5.69 Å². The van der Waals surface area contributed by atoms with Crippen LogP contribution in [-0.4, -0.2) is 29.8 Å². The number of hydrogen-bond acceptors (Lipinski definition) is 3. The van der Waals surface area contributed by atoms with Gasteiger partial charge in [0.1, 0.15) is 0 Å². The predicted octanol–water partition coefficient (Wildman–Crippen LogP) is 3.24. The zero-order valence-electron chi connectivity index (χ0n) is 13.3. The fraction of sp³-hybridized carbons (Fsp3) is 0.667. The summed E-state index contributed by atoms with van der Waals surface area (Å²) in [4.78, 5) is 2.60. The molecular formula is C18H28N2O. The molecule has 0 aromatic heterocycles. The first-order chi connectivity index (χ1) is 10.2. The number of para-hydroxylation sites is 1. The van der Waals surface area contributed by atoms with Crippen LogP contribution in [0, 0.1) is 0 Å². The summed E-state index contributed by atoms with van der Waals surface area (Å²) in [7, 11) is 0. The van der Waals surface area contributed by atoms with E-state index >= 15 is 0 Å². The first kappa shape index (κ1) is 14.9. The van der Waals surface area contributed by atoms with Gasteiger partial charge in [0.15, 0.2) is 0 Å². The Labute approximate surface area is 128 Å². The van der Waals surface area contributed by atoms with E-state index in [1.807, 2.05) is 0 Å². The van der Waals surface area contributed by atoms with Gasteiger partial charge < -0.3 is 15.3 Å². The van der Waals surface area contributed by atoms with E-state index in [1.54, 1.807) is 0 Å². The standard InChI is InChI=1S/C18H28N2O/c1-3-10-19-13(2)17-6-4-5-7-18(17)20-14-8-9-15(20)12-16(21)11-14/h4-7,13-16,19,21H,3,8-12H2,1-2H3. The molecule has 2 fully saturated rings. The molecule has 3 rings (SSSR count). The third-order valence-corrected chi connectivity index (χ3v) is 5.09. The van der Waals surface area contributed by atoms with Gasteiger partial charge in [-0.25, -0.2) is 0 Å². The number of rotatable bonds is 5. The van der Waals surface area contributed by atoms with Crippen molar-refractivity contribution in [2.75, 3.05) is 11.4 Å². The Morgan fingerprint density at radius 3 is 2.57 bits per heavy atom. The Morgan fingerprint density at radius 2 is 1.90 bits per heavy atom. The maximum absolute atomic E-state index is 10.0. The topological polar surface area (TPSA) is 35.5 Å². The van der Waals surface area contributed by atoms with Crippen LogP contribution in [-0.2, 0) is 0 Å². The van der Waals surface area contributed by atoms with Gasteiger partial charge in [-0.05, 0) is 57.2 Å². The van der Waals surface area contributed by atoms with Crippen LogP contribution in [0.3, 0.4) is 0 Å². The van der Waals surface area contributed by atoms with Crippen molar-refractivity contribution in [1.29, 1.82) is 0 Å². The number of aliphatic hydroxyl groups excluding tert-OH is 1. The molecule has 2 aliphatic heterocycles. The number of aliphatic hydroxyl groups is 1. The second-order valence-electron chi connectivity index (χ2n) is 6.65. The van der Waals surface area contributed by atoms with Crippen LogP contribution in [0.25, 0.3) is 0 Å². The summed E-state index contributed by atoms with van der Waals surface area (Å²) in [5, 5.41) is 13.6. The molecule has 0 spiro atoms. The van der Waals surface area contributed by atoms with E-state index in [0.29, 0.717) is 18.1 Å². The molecular weight excluding hydrogens is 260 g/mol. The minimum absolute atomic E-state index is 0.0958. The third-order valence-electron chi connectivity index (χ3n) is 5.09. The largest absolute Gasteiger partial charge is 0.393 e. The first-order valence-corrected chi connectivity index (χ1v) is 8.49. The summed E-state index contributed by atoms with van der Waals surface area (Å²) in [5.74, 6) is 0. The van der Waals surface area contributed by atoms with Crippen LogP contribution in [0.1, 0.15) is 57.6 Å². The van der Waals surface area contributed by atoms with Crippen LogP contribution < -0.4 is 10.2 Å². The van der Waals surface area contributed by atoms with E-state index in [2.05, 4.69) is 48.3 Å². The van der Waals surface area contributed by atoms with Crippen LogP contribution in [0.5, 0.6) is 0 Å². The molecule has 3 heteroatoms. The summed E-state index contributed by atoms with van der Waals surface area (Å²) in [6.45, 7) is 5.52. The minimum atomic E-state index is -0.0958. The van der Waals surface area contributed by atoms with Crippen LogP contribution in [0.2, 0.25) is 0 Å². The Balaban J connectivity index is 1.85. The lowest BCUT2D eigenvalue weighted by Crippen LogP contribution is -2.45. The van der Waals surface area contributed by atoms with Crippen molar-refractivity contribution in [3.8, 4) is 0 Å². The number of nitrogens with zero attached hydrogens (tertiary/aromatic N) is 1. The first-order valence-electron chi connectivity index (χ1n) is 8.49. The molecule has 2 N–H and O–H groups in total. The Morgan fingerprint density at radius 1 is 1.24 bits per heavy atom. The van der Waals surface area contributed by atoms with E-state index in [-0.39, 0.29) is 6.10 Å². The van der Waals surface area contributed by atoms with Gasteiger partial charge in [0.25, 0.3) is 0 Å². The molecule has 3 atom stereocenters. The van der Waals surface area contributed by atoms with Gasteiger partial charge >= 0.3 is 0 Å². The molecule has 21 heavy (non-hydrogen) atoms. The predicted molar refractivity (Wildman–Crippen MR) is 87.7 cm³/mol. The number of benzene rings is 1. The van der Waals surface area contributed by atoms with Crippen molar-refractivity contribution < 1.29 is 5.11 Å². The summed E-state index contributed by atoms with van der Waals surface area (Å²) in [6, 6.07) is 10.2. The molecule has 0 amide bonds. The number of fused-ring (bicyclic) bond motifs is 2. The SMILES string of the molecule is CCCNC(C)c1ccccc1N1C2CCC1CC(O)C2. The molecule has 2 aliphatic rings. The van der Waals surface area contributed by atoms with Crippen molar-refractivity contribution in [2.24, 2.45) is 0 Å². The summed E-state index contributed by atoms with van der Waals surface area (Å²) in [5.41, 5.74) is 2.78. The Kier molecular flexibility index (Phi) is 4.51. The molecule has 1 aromatic rings. The van der Waals surface area contributed by atoms with Crippen molar-refractivity contribution in [2.45, 2.75) is 70.2 Å². The molecule has 0 aliphatic carbocycles. The van der Waals surface area contributed by atoms with E-state index in [0.717, 1.165) is 25.8 Å².